The molecule has 2 aliphatic rings. The lowest BCUT2D eigenvalue weighted by atomic mass is 9.68. The number of hydrogen-bond donors (Lipinski definition) is 0. The van der Waals surface area contributed by atoms with Gasteiger partial charge >= 0.3 is 0 Å². The zero-order valence-corrected chi connectivity index (χ0v) is 20.7. The van der Waals surface area contributed by atoms with E-state index in [0.717, 1.165) is 30.2 Å². The predicted molar refractivity (Wildman–Crippen MR) is 136 cm³/mol. The zero-order valence-electron chi connectivity index (χ0n) is 20.7. The molecule has 0 unspecified atom stereocenters. The van der Waals surface area contributed by atoms with Crippen molar-refractivity contribution in [1.29, 1.82) is 0 Å². The average Bonchev–Trinajstić information content (AvgIpc) is 2.89. The third kappa shape index (κ3) is 6.20. The van der Waals surface area contributed by atoms with Gasteiger partial charge in [0.25, 0.3) is 0 Å². The summed E-state index contributed by atoms with van der Waals surface area (Å²) in [6, 6.07) is 8.44. The van der Waals surface area contributed by atoms with Crippen molar-refractivity contribution < 1.29 is 17.9 Å². The van der Waals surface area contributed by atoms with E-state index >= 15 is 0 Å². The summed E-state index contributed by atoms with van der Waals surface area (Å²) in [4.78, 5) is 0. The molecule has 4 rings (SSSR count). The fraction of sp³-hybridized carbons (Fsp3) is 0.484. The minimum atomic E-state index is -1.01. The molecule has 0 heterocycles. The van der Waals surface area contributed by atoms with Gasteiger partial charge in [-0.3, -0.25) is 0 Å². The van der Waals surface area contributed by atoms with E-state index in [2.05, 4.69) is 12.7 Å². The van der Waals surface area contributed by atoms with Crippen LogP contribution in [0.2, 0.25) is 0 Å². The molecular weight excluding hydrogens is 445 g/mol. The summed E-state index contributed by atoms with van der Waals surface area (Å²) >= 11 is 0. The van der Waals surface area contributed by atoms with Gasteiger partial charge in [-0.2, -0.15) is 4.39 Å². The van der Waals surface area contributed by atoms with Crippen molar-refractivity contribution in [2.45, 2.75) is 77.0 Å². The highest BCUT2D eigenvalue weighted by atomic mass is 19.2. The number of aryl methyl sites for hydroxylation is 2. The van der Waals surface area contributed by atoms with Crippen LogP contribution in [0.25, 0.3) is 0 Å². The molecule has 0 saturated heterocycles. The van der Waals surface area contributed by atoms with Crippen LogP contribution in [-0.2, 0) is 12.8 Å². The van der Waals surface area contributed by atoms with Crippen LogP contribution in [0.15, 0.2) is 55.3 Å². The molecule has 0 aromatic heterocycles. The minimum absolute atomic E-state index is 0.154. The van der Waals surface area contributed by atoms with Crippen LogP contribution in [0.5, 0.6) is 5.75 Å². The third-order valence-electron chi connectivity index (χ3n) is 8.26. The molecule has 0 spiro atoms. The molecule has 2 aromatic carbocycles. The first kappa shape index (κ1) is 25.6. The molecule has 2 aromatic rings. The molecule has 2 aliphatic carbocycles. The van der Waals surface area contributed by atoms with Crippen LogP contribution in [0.1, 0.15) is 80.9 Å². The van der Waals surface area contributed by atoms with Crippen molar-refractivity contribution in [2.24, 2.45) is 17.8 Å². The van der Waals surface area contributed by atoms with Gasteiger partial charge in [0.1, 0.15) is 5.82 Å². The molecule has 0 N–H and O–H groups in total. The lowest BCUT2D eigenvalue weighted by molar-refractivity contribution is 0.171. The van der Waals surface area contributed by atoms with Gasteiger partial charge in [0, 0.05) is 0 Å². The van der Waals surface area contributed by atoms with Gasteiger partial charge in [0.15, 0.2) is 11.6 Å². The molecule has 0 aliphatic heterocycles. The monoisotopic (exact) mass is 482 g/mol. The van der Waals surface area contributed by atoms with E-state index < -0.39 is 11.6 Å². The molecule has 2 fully saturated rings. The van der Waals surface area contributed by atoms with Crippen molar-refractivity contribution in [3.63, 3.8) is 0 Å². The maximum absolute atomic E-state index is 14.9. The molecule has 4 heteroatoms. The molecule has 0 atom stereocenters. The van der Waals surface area contributed by atoms with Gasteiger partial charge < -0.3 is 4.74 Å². The van der Waals surface area contributed by atoms with Gasteiger partial charge in [-0.1, -0.05) is 30.4 Å². The Hall–Kier alpha value is -2.49. The normalized spacial score (nSPS) is 25.0. The Bertz CT molecular complexity index is 1030. The van der Waals surface area contributed by atoms with E-state index in [1.54, 1.807) is 19.1 Å². The lowest BCUT2D eigenvalue weighted by Gasteiger charge is -2.37. The molecule has 0 amide bonds. The largest absolute Gasteiger partial charge is 0.462 e. The number of hydrogen-bond acceptors (Lipinski definition) is 1. The van der Waals surface area contributed by atoms with E-state index in [0.29, 0.717) is 23.8 Å². The van der Waals surface area contributed by atoms with E-state index in [1.807, 2.05) is 12.1 Å². The first-order chi connectivity index (χ1) is 17.0. The topological polar surface area (TPSA) is 9.23 Å². The smallest absolute Gasteiger partial charge is 0.201 e. The quantitative estimate of drug-likeness (QED) is 0.269. The van der Waals surface area contributed by atoms with Gasteiger partial charge in [0.2, 0.25) is 5.82 Å². The van der Waals surface area contributed by atoms with Crippen LogP contribution >= 0.6 is 0 Å². The van der Waals surface area contributed by atoms with Crippen LogP contribution < -0.4 is 4.74 Å². The first-order valence-electron chi connectivity index (χ1n) is 13.2. The van der Waals surface area contributed by atoms with Gasteiger partial charge in [-0.25, -0.2) is 8.78 Å². The molecule has 1 nitrogen and oxygen atoms in total. The maximum Gasteiger partial charge on any atom is 0.201 e. The van der Waals surface area contributed by atoms with Gasteiger partial charge in [-0.15, -0.1) is 6.58 Å². The second-order valence-electron chi connectivity index (χ2n) is 10.3. The van der Waals surface area contributed by atoms with Crippen LogP contribution in [-0.4, -0.2) is 0 Å². The molecule has 188 valence electrons. The van der Waals surface area contributed by atoms with Gasteiger partial charge in [-0.05, 0) is 124 Å². The second kappa shape index (κ2) is 12.0. The number of rotatable bonds is 8. The van der Waals surface area contributed by atoms with E-state index in [1.165, 1.54) is 56.9 Å². The van der Waals surface area contributed by atoms with Crippen molar-refractivity contribution in [1.82, 2.24) is 0 Å². The lowest BCUT2D eigenvalue weighted by Crippen LogP contribution is -2.25. The van der Waals surface area contributed by atoms with Crippen molar-refractivity contribution in [2.75, 3.05) is 0 Å². The zero-order chi connectivity index (χ0) is 24.8. The fourth-order valence-corrected chi connectivity index (χ4v) is 6.06. The molecular formula is C31H37F3O. The molecule has 0 bridgehead atoms. The Morgan fingerprint density at radius 1 is 0.829 bits per heavy atom. The van der Waals surface area contributed by atoms with Gasteiger partial charge in [0.05, 0.1) is 6.26 Å². The number of halogens is 3. The Morgan fingerprint density at radius 2 is 1.46 bits per heavy atom. The summed E-state index contributed by atoms with van der Waals surface area (Å²) in [5, 5.41) is 0. The number of benzene rings is 2. The highest BCUT2D eigenvalue weighted by Gasteiger charge is 2.31. The maximum atomic E-state index is 14.9. The summed E-state index contributed by atoms with van der Waals surface area (Å²) in [5.41, 5.74) is 1.83. The van der Waals surface area contributed by atoms with E-state index in [9.17, 15) is 13.2 Å². The first-order valence-corrected chi connectivity index (χ1v) is 13.2. The van der Waals surface area contributed by atoms with Crippen molar-refractivity contribution >= 4 is 0 Å². The Balaban J connectivity index is 1.32. The molecule has 35 heavy (non-hydrogen) atoms. The van der Waals surface area contributed by atoms with E-state index in [4.69, 9.17) is 4.74 Å². The number of ether oxygens (including phenoxy) is 1. The van der Waals surface area contributed by atoms with Crippen LogP contribution in [0.4, 0.5) is 13.2 Å². The van der Waals surface area contributed by atoms with Crippen molar-refractivity contribution in [3.8, 4) is 5.75 Å². The van der Waals surface area contributed by atoms with Crippen molar-refractivity contribution in [3.05, 3.63) is 89.5 Å². The average molecular weight is 483 g/mol. The summed E-state index contributed by atoms with van der Waals surface area (Å²) < 4.78 is 48.6. The van der Waals surface area contributed by atoms with E-state index in [-0.39, 0.29) is 23.6 Å². The summed E-state index contributed by atoms with van der Waals surface area (Å²) in [5.74, 6) is 0.429. The highest BCUT2D eigenvalue weighted by Crippen LogP contribution is 2.44. The third-order valence-corrected chi connectivity index (χ3v) is 8.26. The Kier molecular flexibility index (Phi) is 8.75. The van der Waals surface area contributed by atoms with Crippen LogP contribution in [0, 0.1) is 35.2 Å². The van der Waals surface area contributed by atoms with Crippen LogP contribution in [0.3, 0.4) is 0 Å². The Labute approximate surface area is 208 Å². The second-order valence-corrected chi connectivity index (χ2v) is 10.3. The molecule has 2 saturated carbocycles. The Morgan fingerprint density at radius 3 is 2.09 bits per heavy atom. The summed E-state index contributed by atoms with van der Waals surface area (Å²) in [6.07, 6.45) is 15.5. The summed E-state index contributed by atoms with van der Waals surface area (Å²) in [7, 11) is 0. The fourth-order valence-electron chi connectivity index (χ4n) is 6.06. The summed E-state index contributed by atoms with van der Waals surface area (Å²) in [6.45, 7) is 5.68. The number of allylic oxidation sites excluding steroid dienone is 2. The highest BCUT2D eigenvalue weighted by molar-refractivity contribution is 5.33. The minimum Gasteiger partial charge on any atom is -0.462 e. The molecule has 0 radical (unpaired) electrons. The standard InChI is InChI=1S/C31H37F3O/c1-3-19-35-29-18-17-26(30(33)31(29)34)15-13-25-14-16-27(20-28(25)32)24-11-9-23(10-12-24)22-7-5-21(4-2)6-8-22/h3-4,14,16-24H,2,5-13,15H2,1H3. The SMILES string of the molecule is C=CC1CCC(C2CCC(c3ccc(CCc4ccc(OC=CC)c(F)c4F)c(F)c3)CC2)CC1. The predicted octanol–water partition coefficient (Wildman–Crippen LogP) is 9.07.